The summed E-state index contributed by atoms with van der Waals surface area (Å²) in [4.78, 5) is 33.9. The normalized spacial score (nSPS) is 11.4. The molecule has 0 saturated heterocycles. The minimum absolute atomic E-state index is 0.0183. The number of nitrogens with zero attached hydrogens (tertiary/aromatic N) is 3. The molecule has 11 heteroatoms. The van der Waals surface area contributed by atoms with E-state index in [9.17, 15) is 9.59 Å². The molecule has 0 spiro atoms. The standard InChI is InChI=1S/C24H21Cl4N5O2/c1-11(2)21-20-23(33(32-21)22-15(27)8-14(26)9-16(22)28)30-18(31-24(20)35)7-13-5-4-6-17(12(13)3)29-19(34)10-25/h4-6,8-9,11,32H,7,10H2,1-3H3,(H,29,34). The van der Waals surface area contributed by atoms with Gasteiger partial charge in [0, 0.05) is 17.1 Å². The number of hydrogen-bond donors (Lipinski definition) is 2. The summed E-state index contributed by atoms with van der Waals surface area (Å²) in [6, 6.07) is 8.63. The van der Waals surface area contributed by atoms with Gasteiger partial charge in [-0.15, -0.1) is 11.6 Å². The van der Waals surface area contributed by atoms with E-state index in [0.717, 1.165) is 11.1 Å². The highest BCUT2D eigenvalue weighted by atomic mass is 35.5. The number of nitrogens with one attached hydrogen (secondary N) is 2. The van der Waals surface area contributed by atoms with Crippen LogP contribution in [-0.4, -0.2) is 31.5 Å². The summed E-state index contributed by atoms with van der Waals surface area (Å²) in [5, 5.41) is 6.99. The van der Waals surface area contributed by atoms with Crippen molar-refractivity contribution in [2.45, 2.75) is 33.1 Å². The fourth-order valence-electron chi connectivity index (χ4n) is 3.87. The lowest BCUT2D eigenvalue weighted by Gasteiger charge is -2.13. The molecule has 2 N–H and O–H groups in total. The van der Waals surface area contributed by atoms with Crippen molar-refractivity contribution in [1.29, 1.82) is 0 Å². The van der Waals surface area contributed by atoms with Crippen LogP contribution >= 0.6 is 46.4 Å². The van der Waals surface area contributed by atoms with Crippen LogP contribution in [0.2, 0.25) is 15.1 Å². The van der Waals surface area contributed by atoms with E-state index in [1.807, 2.05) is 32.9 Å². The van der Waals surface area contributed by atoms with E-state index in [1.165, 1.54) is 0 Å². The molecule has 0 bridgehead atoms. The van der Waals surface area contributed by atoms with Gasteiger partial charge in [-0.3, -0.25) is 14.7 Å². The smallest absolute Gasteiger partial charge is 0.284 e. The number of alkyl halides is 1. The first-order valence-corrected chi connectivity index (χ1v) is 12.4. The van der Waals surface area contributed by atoms with Crippen molar-refractivity contribution in [2.75, 3.05) is 11.2 Å². The van der Waals surface area contributed by atoms with Crippen LogP contribution in [0.3, 0.4) is 0 Å². The number of aromatic amines is 1. The lowest BCUT2D eigenvalue weighted by atomic mass is 10.0. The first-order valence-electron chi connectivity index (χ1n) is 10.7. The molecule has 1 amide bonds. The third-order valence-electron chi connectivity index (χ3n) is 5.59. The lowest BCUT2D eigenvalue weighted by Crippen LogP contribution is -2.18. The summed E-state index contributed by atoms with van der Waals surface area (Å²) in [5.74, 6) is 0.201. The highest BCUT2D eigenvalue weighted by Crippen LogP contribution is 2.36. The molecule has 0 fully saturated rings. The molecule has 0 aliphatic carbocycles. The third kappa shape index (κ3) is 5.05. The van der Waals surface area contributed by atoms with Gasteiger partial charge in [0.05, 0.1) is 15.7 Å². The van der Waals surface area contributed by atoms with Crippen molar-refractivity contribution in [1.82, 2.24) is 19.7 Å². The van der Waals surface area contributed by atoms with Crippen LogP contribution in [0.5, 0.6) is 0 Å². The molecule has 35 heavy (non-hydrogen) atoms. The van der Waals surface area contributed by atoms with Gasteiger partial charge >= 0.3 is 0 Å². The number of carbonyl (C=O) groups is 1. The van der Waals surface area contributed by atoms with E-state index in [4.69, 9.17) is 51.4 Å². The van der Waals surface area contributed by atoms with Gasteiger partial charge in [0.15, 0.2) is 5.82 Å². The maximum Gasteiger partial charge on any atom is 0.284 e. The number of fused-ring (bicyclic) bond motifs is 1. The van der Waals surface area contributed by atoms with E-state index in [0.29, 0.717) is 49.3 Å². The number of carbonyl (C=O) groups excluding carboxylic acids is 1. The van der Waals surface area contributed by atoms with Crippen LogP contribution in [-0.2, 0) is 11.2 Å². The second-order valence-corrected chi connectivity index (χ2v) is 9.84. The van der Waals surface area contributed by atoms with E-state index < -0.39 is 5.56 Å². The average Bonchev–Trinajstić information content (AvgIpc) is 3.16. The van der Waals surface area contributed by atoms with E-state index in [-0.39, 0.29) is 24.1 Å². The van der Waals surface area contributed by atoms with Crippen LogP contribution in [0.1, 0.15) is 42.4 Å². The summed E-state index contributed by atoms with van der Waals surface area (Å²) in [5.41, 5.74) is 3.37. The van der Waals surface area contributed by atoms with Gasteiger partial charge in [-0.05, 0) is 42.2 Å². The summed E-state index contributed by atoms with van der Waals surface area (Å²) >= 11 is 24.7. The zero-order valence-corrected chi connectivity index (χ0v) is 22.1. The minimum atomic E-state index is -0.408. The number of rotatable bonds is 6. The molecule has 4 rings (SSSR count). The van der Waals surface area contributed by atoms with Crippen LogP contribution in [0, 0.1) is 6.92 Å². The number of amides is 1. The maximum atomic E-state index is 13.2. The molecule has 0 atom stereocenters. The highest BCUT2D eigenvalue weighted by Gasteiger charge is 2.27. The minimum Gasteiger partial charge on any atom is -0.325 e. The highest BCUT2D eigenvalue weighted by molar-refractivity contribution is 6.40. The zero-order valence-electron chi connectivity index (χ0n) is 19.0. The average molecular weight is 553 g/mol. The fraction of sp³-hybridized carbons (Fsp3) is 0.250. The molecular formula is C24H21Cl4N5O2. The Hall–Kier alpha value is -2.58. The first kappa shape index (κ1) is 25.5. The molecular weight excluding hydrogens is 532 g/mol. The Bertz CT molecular complexity index is 1440. The van der Waals surface area contributed by atoms with Gasteiger partial charge in [-0.25, -0.2) is 9.67 Å². The quantitative estimate of drug-likeness (QED) is 0.278. The Morgan fingerprint density at radius 3 is 2.46 bits per heavy atom. The Morgan fingerprint density at radius 2 is 1.83 bits per heavy atom. The molecule has 0 aromatic heterocycles. The number of benzene rings is 2. The zero-order chi connectivity index (χ0) is 25.4. The van der Waals surface area contributed by atoms with Crippen molar-refractivity contribution >= 4 is 58.0 Å². The van der Waals surface area contributed by atoms with Gasteiger partial charge in [0.2, 0.25) is 5.91 Å². The molecule has 0 radical (unpaired) electrons. The summed E-state index contributed by atoms with van der Waals surface area (Å²) < 4.78 is 1.60. The van der Waals surface area contributed by atoms with Gasteiger partial charge in [-0.2, -0.15) is 4.98 Å². The lowest BCUT2D eigenvalue weighted by molar-refractivity contribution is -0.113. The Labute approximate surface area is 221 Å². The van der Waals surface area contributed by atoms with Crippen LogP contribution < -0.4 is 10.9 Å². The number of aromatic nitrogens is 4. The topological polar surface area (TPSA) is 92.7 Å². The van der Waals surface area contributed by atoms with Crippen molar-refractivity contribution in [3.05, 3.63) is 78.4 Å². The van der Waals surface area contributed by atoms with E-state index in [2.05, 4.69) is 15.4 Å². The van der Waals surface area contributed by atoms with E-state index in [1.54, 1.807) is 22.9 Å². The number of hydrogen-bond acceptors (Lipinski definition) is 4. The molecule has 2 heterocycles. The Morgan fingerprint density at radius 1 is 1.14 bits per heavy atom. The Kier molecular flexibility index (Phi) is 7.43. The SMILES string of the molecule is Cc1c(Cc2nc3n(-c4c(Cl)cc(Cl)cc4Cl)[nH]c(C(C)C)c-3c(=O)n2)cccc1NC(=O)CCl. The summed E-state index contributed by atoms with van der Waals surface area (Å²) in [6.07, 6.45) is 0.270. The largest absolute Gasteiger partial charge is 0.325 e. The first-order chi connectivity index (χ1) is 16.6. The molecule has 182 valence electrons. The third-order valence-corrected chi connectivity index (χ3v) is 6.63. The molecule has 2 aromatic rings. The molecule has 7 nitrogen and oxygen atoms in total. The molecule has 0 saturated carbocycles. The summed E-state index contributed by atoms with van der Waals surface area (Å²) in [7, 11) is 0. The van der Waals surface area contributed by atoms with Crippen molar-refractivity contribution in [2.24, 2.45) is 0 Å². The van der Waals surface area contributed by atoms with Crippen LogP contribution in [0.4, 0.5) is 5.69 Å². The monoisotopic (exact) mass is 551 g/mol. The number of halogens is 4. The predicted molar refractivity (Wildman–Crippen MR) is 141 cm³/mol. The fourth-order valence-corrected chi connectivity index (χ4v) is 4.92. The van der Waals surface area contributed by atoms with Gasteiger partial charge in [0.1, 0.15) is 23.0 Å². The van der Waals surface area contributed by atoms with Gasteiger partial charge in [-0.1, -0.05) is 60.8 Å². The molecule has 2 aliphatic heterocycles. The number of H-pyrrole nitrogens is 1. The van der Waals surface area contributed by atoms with Gasteiger partial charge < -0.3 is 5.32 Å². The second kappa shape index (κ2) is 10.2. The second-order valence-electron chi connectivity index (χ2n) is 8.33. The van der Waals surface area contributed by atoms with E-state index >= 15 is 0 Å². The van der Waals surface area contributed by atoms with Gasteiger partial charge in [0.25, 0.3) is 5.56 Å². The van der Waals surface area contributed by atoms with Crippen LogP contribution in [0.25, 0.3) is 17.1 Å². The van der Waals surface area contributed by atoms with Crippen molar-refractivity contribution in [3.8, 4) is 17.1 Å². The summed E-state index contributed by atoms with van der Waals surface area (Å²) in [6.45, 7) is 5.78. The predicted octanol–water partition coefficient (Wildman–Crippen LogP) is 6.22. The Balaban J connectivity index is 1.87. The molecule has 2 aliphatic rings. The van der Waals surface area contributed by atoms with Crippen molar-refractivity contribution < 1.29 is 4.79 Å². The van der Waals surface area contributed by atoms with Crippen molar-refractivity contribution in [3.63, 3.8) is 0 Å². The van der Waals surface area contributed by atoms with Crippen LogP contribution in [0.15, 0.2) is 35.1 Å². The maximum absolute atomic E-state index is 13.2. The number of anilines is 1. The molecule has 0 unspecified atom stereocenters. The molecule has 2 aromatic carbocycles.